The summed E-state index contributed by atoms with van der Waals surface area (Å²) in [7, 11) is 0. The van der Waals surface area contributed by atoms with Crippen molar-refractivity contribution in [2.75, 3.05) is 13.2 Å². The molecule has 0 fully saturated rings. The molecular weight excluding hydrogens is 279 g/mol. The lowest BCUT2D eigenvalue weighted by Gasteiger charge is -2.08. The van der Waals surface area contributed by atoms with Crippen molar-refractivity contribution < 1.29 is 27.4 Å². The van der Waals surface area contributed by atoms with E-state index in [0.717, 1.165) is 4.68 Å². The summed E-state index contributed by atoms with van der Waals surface area (Å²) in [5.41, 5.74) is 0.335. The SMILES string of the molecule is Cc1c(C(=O)OCC(C)C)nnn1CCOC(F)(F)F. The molecule has 0 saturated heterocycles. The topological polar surface area (TPSA) is 66.2 Å². The number of alkyl halides is 3. The molecule has 0 spiro atoms. The lowest BCUT2D eigenvalue weighted by atomic mass is 10.2. The van der Waals surface area contributed by atoms with Crippen molar-refractivity contribution in [1.29, 1.82) is 0 Å². The molecule has 0 saturated carbocycles. The standard InChI is InChI=1S/C11H16F3N3O3/c1-7(2)6-19-10(18)9-8(3)17(16-15-9)4-5-20-11(12,13)14/h7H,4-6H2,1-3H3. The molecule has 6 nitrogen and oxygen atoms in total. The van der Waals surface area contributed by atoms with Crippen molar-refractivity contribution >= 4 is 5.97 Å². The second kappa shape index (κ2) is 6.69. The van der Waals surface area contributed by atoms with Crippen LogP contribution in [0.5, 0.6) is 0 Å². The van der Waals surface area contributed by atoms with Crippen LogP contribution in [0.1, 0.15) is 30.0 Å². The Morgan fingerprint density at radius 2 is 2.05 bits per heavy atom. The van der Waals surface area contributed by atoms with Crippen LogP contribution in [0.4, 0.5) is 13.2 Å². The van der Waals surface area contributed by atoms with Gasteiger partial charge in [-0.1, -0.05) is 19.1 Å². The monoisotopic (exact) mass is 295 g/mol. The molecule has 0 radical (unpaired) electrons. The van der Waals surface area contributed by atoms with Gasteiger partial charge >= 0.3 is 12.3 Å². The second-order valence-electron chi connectivity index (χ2n) is 4.53. The van der Waals surface area contributed by atoms with E-state index in [9.17, 15) is 18.0 Å². The molecule has 1 aromatic heterocycles. The van der Waals surface area contributed by atoms with Gasteiger partial charge in [-0.15, -0.1) is 18.3 Å². The maximum atomic E-state index is 11.8. The quantitative estimate of drug-likeness (QED) is 0.750. The normalized spacial score (nSPS) is 11.9. The van der Waals surface area contributed by atoms with Crippen LogP contribution >= 0.6 is 0 Å². The molecule has 0 aliphatic carbocycles. The van der Waals surface area contributed by atoms with Crippen LogP contribution in [0.15, 0.2) is 0 Å². The molecule has 0 unspecified atom stereocenters. The fraction of sp³-hybridized carbons (Fsp3) is 0.727. The summed E-state index contributed by atoms with van der Waals surface area (Å²) in [6.07, 6.45) is -4.69. The lowest BCUT2D eigenvalue weighted by Crippen LogP contribution is -2.18. The van der Waals surface area contributed by atoms with Crippen molar-refractivity contribution in [2.24, 2.45) is 5.92 Å². The highest BCUT2D eigenvalue weighted by Crippen LogP contribution is 2.16. The third kappa shape index (κ3) is 5.16. The zero-order chi connectivity index (χ0) is 15.3. The van der Waals surface area contributed by atoms with Crippen molar-refractivity contribution in [1.82, 2.24) is 15.0 Å². The van der Waals surface area contributed by atoms with Gasteiger partial charge in [-0.3, -0.25) is 4.74 Å². The number of halogens is 3. The number of carbonyl (C=O) groups excluding carboxylic acids is 1. The van der Waals surface area contributed by atoms with E-state index in [0.29, 0.717) is 5.69 Å². The van der Waals surface area contributed by atoms with E-state index in [-0.39, 0.29) is 24.8 Å². The van der Waals surface area contributed by atoms with Crippen LogP contribution in [0, 0.1) is 12.8 Å². The van der Waals surface area contributed by atoms with E-state index in [4.69, 9.17) is 4.74 Å². The average molecular weight is 295 g/mol. The lowest BCUT2D eigenvalue weighted by molar-refractivity contribution is -0.325. The van der Waals surface area contributed by atoms with E-state index in [2.05, 4.69) is 15.0 Å². The van der Waals surface area contributed by atoms with Crippen molar-refractivity contribution in [3.63, 3.8) is 0 Å². The smallest absolute Gasteiger partial charge is 0.461 e. The number of carbonyl (C=O) groups is 1. The van der Waals surface area contributed by atoms with Gasteiger partial charge in [0.25, 0.3) is 0 Å². The molecule has 0 aromatic carbocycles. The van der Waals surface area contributed by atoms with Crippen molar-refractivity contribution in [2.45, 2.75) is 33.7 Å². The highest BCUT2D eigenvalue weighted by Gasteiger charge is 2.29. The molecule has 1 rings (SSSR count). The molecule has 20 heavy (non-hydrogen) atoms. The van der Waals surface area contributed by atoms with Gasteiger partial charge in [0.2, 0.25) is 0 Å². The molecule has 1 aromatic rings. The average Bonchev–Trinajstić information content (AvgIpc) is 2.66. The molecule has 0 N–H and O–H groups in total. The zero-order valence-corrected chi connectivity index (χ0v) is 11.4. The Morgan fingerprint density at radius 1 is 1.40 bits per heavy atom. The van der Waals surface area contributed by atoms with E-state index in [1.165, 1.54) is 6.92 Å². The summed E-state index contributed by atoms with van der Waals surface area (Å²) in [6.45, 7) is 4.77. The first-order chi connectivity index (χ1) is 9.20. The molecule has 0 bridgehead atoms. The molecule has 0 atom stereocenters. The fourth-order valence-corrected chi connectivity index (χ4v) is 1.32. The Hall–Kier alpha value is -1.64. The molecule has 9 heteroatoms. The van der Waals surface area contributed by atoms with E-state index in [1.807, 2.05) is 13.8 Å². The number of hydrogen-bond acceptors (Lipinski definition) is 5. The zero-order valence-electron chi connectivity index (χ0n) is 11.4. The first-order valence-corrected chi connectivity index (χ1v) is 5.98. The Labute approximate surface area is 113 Å². The van der Waals surface area contributed by atoms with Crippen LogP contribution in [0.2, 0.25) is 0 Å². The highest BCUT2D eigenvalue weighted by atomic mass is 19.4. The minimum absolute atomic E-state index is 0.00217. The van der Waals surface area contributed by atoms with Gasteiger partial charge < -0.3 is 4.74 Å². The van der Waals surface area contributed by atoms with Crippen molar-refractivity contribution in [3.05, 3.63) is 11.4 Å². The molecule has 1 heterocycles. The van der Waals surface area contributed by atoms with Gasteiger partial charge in [0.1, 0.15) is 0 Å². The van der Waals surface area contributed by atoms with Crippen molar-refractivity contribution in [3.8, 4) is 0 Å². The minimum atomic E-state index is -4.69. The Balaban J connectivity index is 2.58. The van der Waals surface area contributed by atoms with Crippen LogP contribution in [0.3, 0.4) is 0 Å². The van der Waals surface area contributed by atoms with Crippen LogP contribution < -0.4 is 0 Å². The van der Waals surface area contributed by atoms with Gasteiger partial charge in [-0.25, -0.2) is 9.48 Å². The summed E-state index contributed by atoms with van der Waals surface area (Å²) in [4.78, 5) is 11.7. The summed E-state index contributed by atoms with van der Waals surface area (Å²) in [5, 5.41) is 7.21. The number of esters is 1. The Morgan fingerprint density at radius 3 is 2.60 bits per heavy atom. The number of aromatic nitrogens is 3. The third-order valence-electron chi connectivity index (χ3n) is 2.29. The molecule has 0 aliphatic heterocycles. The summed E-state index contributed by atoms with van der Waals surface area (Å²) in [6, 6.07) is 0. The van der Waals surface area contributed by atoms with E-state index in [1.54, 1.807) is 0 Å². The first kappa shape index (κ1) is 16.4. The largest absolute Gasteiger partial charge is 0.522 e. The maximum absolute atomic E-state index is 11.8. The third-order valence-corrected chi connectivity index (χ3v) is 2.29. The highest BCUT2D eigenvalue weighted by molar-refractivity contribution is 5.88. The number of ether oxygens (including phenoxy) is 2. The van der Waals surface area contributed by atoms with E-state index < -0.39 is 18.9 Å². The molecule has 114 valence electrons. The first-order valence-electron chi connectivity index (χ1n) is 5.98. The van der Waals surface area contributed by atoms with E-state index >= 15 is 0 Å². The second-order valence-corrected chi connectivity index (χ2v) is 4.53. The summed E-state index contributed by atoms with van der Waals surface area (Å²) >= 11 is 0. The number of rotatable bonds is 6. The van der Waals surface area contributed by atoms with Gasteiger partial charge in [0.05, 0.1) is 25.5 Å². The van der Waals surface area contributed by atoms with Gasteiger partial charge in [0, 0.05) is 0 Å². The van der Waals surface area contributed by atoms with Crippen LogP contribution in [-0.4, -0.2) is 40.5 Å². The maximum Gasteiger partial charge on any atom is 0.522 e. The van der Waals surface area contributed by atoms with Gasteiger partial charge in [-0.05, 0) is 12.8 Å². The molecule has 0 aliphatic rings. The predicted octanol–water partition coefficient (Wildman–Crippen LogP) is 1.94. The molecular formula is C11H16F3N3O3. The Bertz CT molecular complexity index is 458. The summed E-state index contributed by atoms with van der Waals surface area (Å²) < 4.78 is 45.3. The number of hydrogen-bond donors (Lipinski definition) is 0. The predicted molar refractivity (Wildman–Crippen MR) is 61.9 cm³/mol. The van der Waals surface area contributed by atoms with Gasteiger partial charge in [0.15, 0.2) is 5.69 Å². The van der Waals surface area contributed by atoms with Gasteiger partial charge in [-0.2, -0.15) is 0 Å². The van der Waals surface area contributed by atoms with Crippen LogP contribution in [-0.2, 0) is 16.0 Å². The Kier molecular flexibility index (Phi) is 5.49. The van der Waals surface area contributed by atoms with Crippen LogP contribution in [0.25, 0.3) is 0 Å². The summed E-state index contributed by atoms with van der Waals surface area (Å²) in [5.74, 6) is -0.464. The molecule has 0 amide bonds. The minimum Gasteiger partial charge on any atom is -0.461 e. The fourth-order valence-electron chi connectivity index (χ4n) is 1.32. The number of nitrogens with zero attached hydrogens (tertiary/aromatic N) is 3.